The SMILES string of the molecule is Cn1ccc(C(=O)NC2CCN(c3nccc4ccccc34)CC2)n1. The molecule has 25 heavy (non-hydrogen) atoms. The summed E-state index contributed by atoms with van der Waals surface area (Å²) in [7, 11) is 1.81. The van der Waals surface area contributed by atoms with Crippen LogP contribution in [-0.4, -0.2) is 39.8 Å². The van der Waals surface area contributed by atoms with Crippen LogP contribution in [0, 0.1) is 0 Å². The van der Waals surface area contributed by atoms with Gasteiger partial charge in [-0.15, -0.1) is 0 Å². The van der Waals surface area contributed by atoms with E-state index < -0.39 is 0 Å². The second kappa shape index (κ2) is 6.55. The van der Waals surface area contributed by atoms with Gasteiger partial charge in [0.15, 0.2) is 0 Å². The third kappa shape index (κ3) is 3.20. The van der Waals surface area contributed by atoms with Gasteiger partial charge in [0.25, 0.3) is 5.91 Å². The molecular weight excluding hydrogens is 314 g/mol. The molecule has 2 aromatic heterocycles. The number of hydrogen-bond donors (Lipinski definition) is 1. The zero-order valence-corrected chi connectivity index (χ0v) is 14.2. The lowest BCUT2D eigenvalue weighted by Gasteiger charge is -2.33. The maximum absolute atomic E-state index is 12.2. The van der Waals surface area contributed by atoms with Gasteiger partial charge in [0.2, 0.25) is 0 Å². The zero-order chi connectivity index (χ0) is 17.2. The Bertz CT molecular complexity index is 890. The van der Waals surface area contributed by atoms with E-state index in [-0.39, 0.29) is 11.9 Å². The number of rotatable bonds is 3. The van der Waals surface area contributed by atoms with E-state index in [1.807, 2.05) is 31.4 Å². The first-order valence-electron chi connectivity index (χ1n) is 8.60. The zero-order valence-electron chi connectivity index (χ0n) is 14.2. The van der Waals surface area contributed by atoms with Crippen LogP contribution in [-0.2, 0) is 7.05 Å². The number of fused-ring (bicyclic) bond motifs is 1. The molecule has 0 aliphatic carbocycles. The molecular formula is C19H21N5O. The maximum Gasteiger partial charge on any atom is 0.271 e. The molecule has 0 radical (unpaired) electrons. The summed E-state index contributed by atoms with van der Waals surface area (Å²) in [6, 6.07) is 12.3. The second-order valence-electron chi connectivity index (χ2n) is 6.47. The van der Waals surface area contributed by atoms with Crippen LogP contribution in [0.1, 0.15) is 23.3 Å². The largest absolute Gasteiger partial charge is 0.356 e. The number of hydrogen-bond acceptors (Lipinski definition) is 4. The van der Waals surface area contributed by atoms with E-state index in [1.165, 1.54) is 10.8 Å². The molecule has 3 heterocycles. The van der Waals surface area contributed by atoms with E-state index in [0.29, 0.717) is 5.69 Å². The predicted molar refractivity (Wildman–Crippen MR) is 97.7 cm³/mol. The molecule has 0 bridgehead atoms. The number of amides is 1. The first kappa shape index (κ1) is 15.6. The van der Waals surface area contributed by atoms with E-state index >= 15 is 0 Å². The third-order valence-corrected chi connectivity index (χ3v) is 4.73. The Labute approximate surface area is 146 Å². The summed E-state index contributed by atoms with van der Waals surface area (Å²) >= 11 is 0. The highest BCUT2D eigenvalue weighted by Crippen LogP contribution is 2.26. The number of nitrogens with zero attached hydrogens (tertiary/aromatic N) is 4. The lowest BCUT2D eigenvalue weighted by molar-refractivity contribution is 0.0925. The average Bonchev–Trinajstić information content (AvgIpc) is 3.08. The molecule has 1 aliphatic heterocycles. The summed E-state index contributed by atoms with van der Waals surface area (Å²) in [6.45, 7) is 1.77. The van der Waals surface area contributed by atoms with Crippen molar-refractivity contribution in [3.05, 3.63) is 54.5 Å². The van der Waals surface area contributed by atoms with Crippen LogP contribution in [0.2, 0.25) is 0 Å². The van der Waals surface area contributed by atoms with Crippen molar-refractivity contribution in [3.63, 3.8) is 0 Å². The Kier molecular flexibility index (Phi) is 4.09. The Hall–Kier alpha value is -2.89. The van der Waals surface area contributed by atoms with Crippen LogP contribution in [0.3, 0.4) is 0 Å². The Morgan fingerprint density at radius 1 is 1.16 bits per heavy atom. The molecule has 1 amide bonds. The summed E-state index contributed by atoms with van der Waals surface area (Å²) in [5, 5.41) is 9.64. The van der Waals surface area contributed by atoms with Crippen LogP contribution in [0.15, 0.2) is 48.8 Å². The molecule has 6 nitrogen and oxygen atoms in total. The third-order valence-electron chi connectivity index (χ3n) is 4.73. The van der Waals surface area contributed by atoms with Gasteiger partial charge in [0, 0.05) is 44.0 Å². The quantitative estimate of drug-likeness (QED) is 0.798. The molecule has 0 atom stereocenters. The van der Waals surface area contributed by atoms with Gasteiger partial charge in [-0.05, 0) is 30.4 Å². The van der Waals surface area contributed by atoms with E-state index in [2.05, 4.69) is 32.4 Å². The molecule has 0 spiro atoms. The number of carbonyl (C=O) groups excluding carboxylic acids is 1. The number of nitrogens with one attached hydrogen (secondary N) is 1. The molecule has 1 fully saturated rings. The van der Waals surface area contributed by atoms with Crippen molar-refractivity contribution in [2.24, 2.45) is 7.05 Å². The fourth-order valence-corrected chi connectivity index (χ4v) is 3.39. The second-order valence-corrected chi connectivity index (χ2v) is 6.47. The minimum atomic E-state index is -0.0951. The number of anilines is 1. The molecule has 4 rings (SSSR count). The molecule has 6 heteroatoms. The maximum atomic E-state index is 12.2. The van der Waals surface area contributed by atoms with Crippen molar-refractivity contribution in [2.45, 2.75) is 18.9 Å². The minimum absolute atomic E-state index is 0.0951. The first-order valence-corrected chi connectivity index (χ1v) is 8.60. The van der Waals surface area contributed by atoms with Gasteiger partial charge in [0.05, 0.1) is 0 Å². The van der Waals surface area contributed by atoms with Crippen molar-refractivity contribution in [1.29, 1.82) is 0 Å². The van der Waals surface area contributed by atoms with E-state index in [1.54, 1.807) is 16.9 Å². The summed E-state index contributed by atoms with van der Waals surface area (Å²) < 4.78 is 1.64. The van der Waals surface area contributed by atoms with Crippen LogP contribution >= 0.6 is 0 Å². The Morgan fingerprint density at radius 3 is 2.72 bits per heavy atom. The molecule has 0 unspecified atom stereocenters. The normalized spacial score (nSPS) is 15.5. The van der Waals surface area contributed by atoms with Crippen molar-refractivity contribution in [3.8, 4) is 0 Å². The summed E-state index contributed by atoms with van der Waals surface area (Å²) in [4.78, 5) is 19.1. The van der Waals surface area contributed by atoms with Crippen molar-refractivity contribution < 1.29 is 4.79 Å². The Morgan fingerprint density at radius 2 is 1.96 bits per heavy atom. The number of carbonyl (C=O) groups is 1. The number of piperidine rings is 1. The molecule has 0 saturated carbocycles. The molecule has 128 valence electrons. The van der Waals surface area contributed by atoms with Crippen molar-refractivity contribution in [2.75, 3.05) is 18.0 Å². The van der Waals surface area contributed by atoms with Gasteiger partial charge < -0.3 is 10.2 Å². The smallest absolute Gasteiger partial charge is 0.271 e. The highest BCUT2D eigenvalue weighted by Gasteiger charge is 2.23. The Balaban J connectivity index is 1.42. The standard InChI is InChI=1S/C19H21N5O/c1-23-11-9-17(22-23)19(25)21-15-7-12-24(13-8-15)18-16-5-3-2-4-14(16)6-10-20-18/h2-6,9-11,15H,7-8,12-13H2,1H3,(H,21,25). The fraction of sp³-hybridized carbons (Fsp3) is 0.316. The van der Waals surface area contributed by atoms with Crippen LogP contribution in [0.4, 0.5) is 5.82 Å². The number of aryl methyl sites for hydroxylation is 1. The minimum Gasteiger partial charge on any atom is -0.356 e. The summed E-state index contributed by atoms with van der Waals surface area (Å²) in [5.74, 6) is 0.940. The molecule has 1 aliphatic rings. The molecule has 3 aromatic rings. The van der Waals surface area contributed by atoms with Crippen molar-refractivity contribution in [1.82, 2.24) is 20.1 Å². The van der Waals surface area contributed by atoms with Crippen molar-refractivity contribution >= 4 is 22.5 Å². The lowest BCUT2D eigenvalue weighted by Crippen LogP contribution is -2.45. The fourth-order valence-electron chi connectivity index (χ4n) is 3.39. The van der Waals surface area contributed by atoms with Gasteiger partial charge in [-0.1, -0.05) is 24.3 Å². The van der Waals surface area contributed by atoms with E-state index in [4.69, 9.17) is 0 Å². The number of pyridine rings is 1. The van der Waals surface area contributed by atoms with E-state index in [0.717, 1.165) is 31.7 Å². The van der Waals surface area contributed by atoms with Gasteiger partial charge in [-0.3, -0.25) is 9.48 Å². The predicted octanol–water partition coefficient (Wildman–Crippen LogP) is 2.37. The van der Waals surface area contributed by atoms with Gasteiger partial charge in [-0.25, -0.2) is 4.98 Å². The van der Waals surface area contributed by atoms with Gasteiger partial charge >= 0.3 is 0 Å². The average molecular weight is 335 g/mol. The molecule has 1 N–H and O–H groups in total. The highest BCUT2D eigenvalue weighted by atomic mass is 16.2. The lowest BCUT2D eigenvalue weighted by atomic mass is 10.0. The van der Waals surface area contributed by atoms with E-state index in [9.17, 15) is 4.79 Å². The molecule has 1 saturated heterocycles. The summed E-state index contributed by atoms with van der Waals surface area (Å²) in [5.41, 5.74) is 0.473. The topological polar surface area (TPSA) is 63.1 Å². The van der Waals surface area contributed by atoms with Crippen LogP contribution in [0.5, 0.6) is 0 Å². The van der Waals surface area contributed by atoms with Crippen LogP contribution in [0.25, 0.3) is 10.8 Å². The van der Waals surface area contributed by atoms with Crippen LogP contribution < -0.4 is 10.2 Å². The molecule has 1 aromatic carbocycles. The first-order chi connectivity index (χ1) is 12.2. The highest BCUT2D eigenvalue weighted by molar-refractivity contribution is 5.93. The van der Waals surface area contributed by atoms with Gasteiger partial charge in [-0.2, -0.15) is 5.10 Å². The van der Waals surface area contributed by atoms with Gasteiger partial charge in [0.1, 0.15) is 11.5 Å². The number of benzene rings is 1. The summed E-state index contributed by atoms with van der Waals surface area (Å²) in [6.07, 6.45) is 5.46. The number of aromatic nitrogens is 3. The monoisotopic (exact) mass is 335 g/mol.